The van der Waals surface area contributed by atoms with Crippen LogP contribution in [-0.4, -0.2) is 45.5 Å². The average Bonchev–Trinajstić information content (AvgIpc) is 3.48. The summed E-state index contributed by atoms with van der Waals surface area (Å²) in [5.41, 5.74) is 1.65. The van der Waals surface area contributed by atoms with Crippen LogP contribution in [0.1, 0.15) is 37.7 Å². The molecule has 26 heavy (non-hydrogen) atoms. The number of carbonyl (C=O) groups excluding carboxylic acids is 1. The van der Waals surface area contributed by atoms with Crippen LogP contribution in [0.15, 0.2) is 29.3 Å². The fraction of sp³-hybridized carbons (Fsp3) is 0.550. The van der Waals surface area contributed by atoms with Crippen LogP contribution in [0, 0.1) is 6.92 Å². The summed E-state index contributed by atoms with van der Waals surface area (Å²) < 4.78 is 1.54. The maximum Gasteiger partial charge on any atom is 0.261 e. The number of hydrogen-bond acceptors (Lipinski definition) is 4. The minimum Gasteiger partial charge on any atom is -0.353 e. The first-order valence-corrected chi connectivity index (χ1v) is 9.60. The number of carbonyl (C=O) groups is 1. The standard InChI is InChI=1S/C20H26N4O2/c1-14-3-2-4-17-19(14)21-13-24(20(17)26)12-9-18(25)22-15-7-10-23(11-8-15)16-5-6-16/h2-4,13,15-16H,5-12H2,1H3,(H,22,25). The van der Waals surface area contributed by atoms with Crippen LogP contribution < -0.4 is 10.9 Å². The zero-order chi connectivity index (χ0) is 18.1. The summed E-state index contributed by atoms with van der Waals surface area (Å²) in [4.78, 5) is 31.8. The monoisotopic (exact) mass is 354 g/mol. The lowest BCUT2D eigenvalue weighted by Gasteiger charge is -2.32. The van der Waals surface area contributed by atoms with E-state index in [2.05, 4.69) is 15.2 Å². The lowest BCUT2D eigenvalue weighted by molar-refractivity contribution is -0.122. The van der Waals surface area contributed by atoms with E-state index in [0.717, 1.165) is 43.1 Å². The van der Waals surface area contributed by atoms with Gasteiger partial charge in [0.05, 0.1) is 17.2 Å². The second-order valence-corrected chi connectivity index (χ2v) is 7.57. The van der Waals surface area contributed by atoms with Crippen LogP contribution in [0.25, 0.3) is 10.9 Å². The molecule has 2 fully saturated rings. The van der Waals surface area contributed by atoms with Crippen LogP contribution in [0.4, 0.5) is 0 Å². The molecule has 1 saturated heterocycles. The van der Waals surface area contributed by atoms with Gasteiger partial charge in [-0.15, -0.1) is 0 Å². The maximum absolute atomic E-state index is 12.6. The Morgan fingerprint density at radius 3 is 2.73 bits per heavy atom. The molecule has 0 bridgehead atoms. The maximum atomic E-state index is 12.6. The fourth-order valence-electron chi connectivity index (χ4n) is 3.87. The van der Waals surface area contributed by atoms with Gasteiger partial charge >= 0.3 is 0 Å². The van der Waals surface area contributed by atoms with Crippen molar-refractivity contribution >= 4 is 16.8 Å². The van der Waals surface area contributed by atoms with E-state index < -0.39 is 0 Å². The van der Waals surface area contributed by atoms with E-state index in [9.17, 15) is 9.59 Å². The molecule has 0 atom stereocenters. The highest BCUT2D eigenvalue weighted by Crippen LogP contribution is 2.29. The molecule has 2 aliphatic rings. The van der Waals surface area contributed by atoms with E-state index >= 15 is 0 Å². The number of aromatic nitrogens is 2. The van der Waals surface area contributed by atoms with E-state index in [4.69, 9.17) is 0 Å². The van der Waals surface area contributed by atoms with Crippen LogP contribution in [0.5, 0.6) is 0 Å². The molecular formula is C20H26N4O2. The molecule has 2 aromatic rings. The van der Waals surface area contributed by atoms with Gasteiger partial charge < -0.3 is 10.2 Å². The number of nitrogens with zero attached hydrogens (tertiary/aromatic N) is 3. The number of benzene rings is 1. The Morgan fingerprint density at radius 2 is 2.00 bits per heavy atom. The minimum atomic E-state index is -0.0794. The number of likely N-dealkylation sites (tertiary alicyclic amines) is 1. The molecule has 138 valence electrons. The van der Waals surface area contributed by atoms with Crippen LogP contribution in [0.3, 0.4) is 0 Å². The highest BCUT2D eigenvalue weighted by Gasteiger charge is 2.32. The van der Waals surface area contributed by atoms with Gasteiger partial charge in [0.2, 0.25) is 5.91 Å². The smallest absolute Gasteiger partial charge is 0.261 e. The van der Waals surface area contributed by atoms with Crippen molar-refractivity contribution in [3.05, 3.63) is 40.4 Å². The first kappa shape index (κ1) is 17.2. The van der Waals surface area contributed by atoms with Crippen molar-refractivity contribution in [1.29, 1.82) is 0 Å². The Balaban J connectivity index is 1.32. The molecule has 1 N–H and O–H groups in total. The van der Waals surface area contributed by atoms with Crippen molar-refractivity contribution in [3.8, 4) is 0 Å². The quantitative estimate of drug-likeness (QED) is 0.890. The number of aryl methyl sites for hydroxylation is 2. The van der Waals surface area contributed by atoms with E-state index in [0.29, 0.717) is 18.4 Å². The Hall–Kier alpha value is -2.21. The molecule has 1 aliphatic heterocycles. The lowest BCUT2D eigenvalue weighted by Crippen LogP contribution is -2.45. The average molecular weight is 354 g/mol. The summed E-state index contributed by atoms with van der Waals surface area (Å²) in [5.74, 6) is 0.0195. The summed E-state index contributed by atoms with van der Waals surface area (Å²) in [6, 6.07) is 6.68. The molecule has 0 radical (unpaired) electrons. The Morgan fingerprint density at radius 1 is 1.23 bits per heavy atom. The molecule has 6 nitrogen and oxygen atoms in total. The summed E-state index contributed by atoms with van der Waals surface area (Å²) in [5, 5.41) is 3.74. The SMILES string of the molecule is Cc1cccc2c(=O)n(CCC(=O)NC3CCN(C4CC4)CC3)cnc12. The summed E-state index contributed by atoms with van der Waals surface area (Å²) >= 11 is 0. The van der Waals surface area contributed by atoms with Gasteiger partial charge in [-0.25, -0.2) is 4.98 Å². The summed E-state index contributed by atoms with van der Waals surface area (Å²) in [6.45, 7) is 4.48. The Labute approximate surface area is 153 Å². The van der Waals surface area contributed by atoms with Crippen molar-refractivity contribution < 1.29 is 4.79 Å². The molecule has 4 rings (SSSR count). The van der Waals surface area contributed by atoms with Crippen molar-refractivity contribution in [2.75, 3.05) is 13.1 Å². The summed E-state index contributed by atoms with van der Waals surface area (Å²) in [7, 11) is 0. The number of nitrogens with one attached hydrogen (secondary N) is 1. The lowest BCUT2D eigenvalue weighted by atomic mass is 10.0. The molecule has 1 aromatic heterocycles. The number of piperidine rings is 1. The number of amides is 1. The Bertz CT molecular complexity index is 864. The van der Waals surface area contributed by atoms with Crippen LogP contribution in [-0.2, 0) is 11.3 Å². The van der Waals surface area contributed by atoms with Gasteiger partial charge in [0.15, 0.2) is 0 Å². The van der Waals surface area contributed by atoms with E-state index in [1.807, 2.05) is 19.1 Å². The highest BCUT2D eigenvalue weighted by molar-refractivity contribution is 5.80. The molecule has 0 spiro atoms. The van der Waals surface area contributed by atoms with Crippen LogP contribution in [0.2, 0.25) is 0 Å². The van der Waals surface area contributed by atoms with E-state index in [1.165, 1.54) is 17.4 Å². The van der Waals surface area contributed by atoms with Crippen molar-refractivity contribution in [2.24, 2.45) is 0 Å². The molecule has 1 saturated carbocycles. The molecule has 1 aromatic carbocycles. The van der Waals surface area contributed by atoms with Crippen molar-refractivity contribution in [3.63, 3.8) is 0 Å². The van der Waals surface area contributed by atoms with Gasteiger partial charge in [0, 0.05) is 38.1 Å². The van der Waals surface area contributed by atoms with Gasteiger partial charge in [0.25, 0.3) is 5.56 Å². The Kier molecular flexibility index (Phi) is 4.76. The van der Waals surface area contributed by atoms with E-state index in [1.54, 1.807) is 12.4 Å². The van der Waals surface area contributed by atoms with Crippen molar-refractivity contribution in [1.82, 2.24) is 19.8 Å². The second-order valence-electron chi connectivity index (χ2n) is 7.57. The fourth-order valence-corrected chi connectivity index (χ4v) is 3.87. The topological polar surface area (TPSA) is 67.2 Å². The van der Waals surface area contributed by atoms with Gasteiger partial charge in [-0.05, 0) is 44.2 Å². The summed E-state index contributed by atoms with van der Waals surface area (Å²) in [6.07, 6.45) is 6.59. The third-order valence-electron chi connectivity index (χ3n) is 5.59. The number of rotatable bonds is 5. The second kappa shape index (κ2) is 7.19. The zero-order valence-electron chi connectivity index (χ0n) is 15.3. The molecule has 0 unspecified atom stereocenters. The predicted octanol–water partition coefficient (Wildman–Crippen LogP) is 1.84. The normalized spacial score (nSPS) is 19.0. The molecular weight excluding hydrogens is 328 g/mol. The van der Waals surface area contributed by atoms with Gasteiger partial charge in [-0.1, -0.05) is 12.1 Å². The van der Waals surface area contributed by atoms with E-state index in [-0.39, 0.29) is 17.5 Å². The molecule has 1 amide bonds. The first-order valence-electron chi connectivity index (χ1n) is 9.60. The molecule has 2 heterocycles. The predicted molar refractivity (Wildman–Crippen MR) is 101 cm³/mol. The first-order chi connectivity index (χ1) is 12.6. The van der Waals surface area contributed by atoms with Gasteiger partial charge in [-0.2, -0.15) is 0 Å². The van der Waals surface area contributed by atoms with Gasteiger partial charge in [-0.3, -0.25) is 14.2 Å². The van der Waals surface area contributed by atoms with Crippen molar-refractivity contribution in [2.45, 2.75) is 57.7 Å². The minimum absolute atomic E-state index is 0.0195. The number of para-hydroxylation sites is 1. The van der Waals surface area contributed by atoms with Gasteiger partial charge in [0.1, 0.15) is 0 Å². The number of fused-ring (bicyclic) bond motifs is 1. The van der Waals surface area contributed by atoms with Crippen LogP contribution >= 0.6 is 0 Å². The third-order valence-corrected chi connectivity index (χ3v) is 5.59. The molecule has 1 aliphatic carbocycles. The third kappa shape index (κ3) is 3.65. The highest BCUT2D eigenvalue weighted by atomic mass is 16.2. The number of hydrogen-bond donors (Lipinski definition) is 1. The largest absolute Gasteiger partial charge is 0.353 e. The zero-order valence-corrected chi connectivity index (χ0v) is 15.3. The molecule has 6 heteroatoms.